The Morgan fingerprint density at radius 3 is 2.21 bits per heavy atom. The summed E-state index contributed by atoms with van der Waals surface area (Å²) < 4.78 is 60.1. The van der Waals surface area contributed by atoms with Crippen LogP contribution in [0.3, 0.4) is 0 Å². The van der Waals surface area contributed by atoms with Gasteiger partial charge >= 0.3 is 0 Å². The van der Waals surface area contributed by atoms with Crippen molar-refractivity contribution in [1.82, 2.24) is 0 Å². The van der Waals surface area contributed by atoms with Gasteiger partial charge < -0.3 is 33.5 Å². The fraction of sp³-hybridized carbons (Fsp3) is 0.478. The maximum absolute atomic E-state index is 12.8. The van der Waals surface area contributed by atoms with E-state index >= 15 is 0 Å². The van der Waals surface area contributed by atoms with Crippen molar-refractivity contribution in [3.05, 3.63) is 47.5 Å². The van der Waals surface area contributed by atoms with E-state index in [-0.39, 0.29) is 24.7 Å². The van der Waals surface area contributed by atoms with Gasteiger partial charge in [0, 0.05) is 18.9 Å². The SMILES string of the molecule is COc1cc(C2(c3ccccc3S(C)(=O)=O)OCC(OC)C2OCCO)cc(OC)c1OC. The molecule has 1 fully saturated rings. The zero-order valence-corrected chi connectivity index (χ0v) is 20.2. The van der Waals surface area contributed by atoms with E-state index in [4.69, 9.17) is 28.4 Å². The second kappa shape index (κ2) is 10.3. The van der Waals surface area contributed by atoms with Crippen molar-refractivity contribution in [2.24, 2.45) is 0 Å². The van der Waals surface area contributed by atoms with Crippen LogP contribution >= 0.6 is 0 Å². The normalized spacial score (nSPS) is 22.8. The molecule has 0 bridgehead atoms. The molecule has 1 N–H and O–H groups in total. The Kier molecular flexibility index (Phi) is 7.86. The van der Waals surface area contributed by atoms with E-state index in [1.54, 1.807) is 30.3 Å². The summed E-state index contributed by atoms with van der Waals surface area (Å²) in [7, 11) is 2.36. The molecule has 1 aliphatic heterocycles. The molecule has 33 heavy (non-hydrogen) atoms. The van der Waals surface area contributed by atoms with Gasteiger partial charge in [-0.25, -0.2) is 8.42 Å². The topological polar surface area (TPSA) is 110 Å². The molecule has 0 amide bonds. The Morgan fingerprint density at radius 2 is 1.70 bits per heavy atom. The third-order valence-corrected chi connectivity index (χ3v) is 6.84. The largest absolute Gasteiger partial charge is 0.493 e. The van der Waals surface area contributed by atoms with Crippen LogP contribution in [-0.4, -0.2) is 80.2 Å². The van der Waals surface area contributed by atoms with E-state index in [2.05, 4.69) is 0 Å². The number of hydrogen-bond donors (Lipinski definition) is 1. The Morgan fingerprint density at radius 1 is 1.06 bits per heavy atom. The first kappa shape index (κ1) is 25.3. The highest BCUT2D eigenvalue weighted by Crippen LogP contribution is 2.50. The molecule has 2 aromatic carbocycles. The van der Waals surface area contributed by atoms with Gasteiger partial charge in [-0.2, -0.15) is 0 Å². The van der Waals surface area contributed by atoms with E-state index in [0.29, 0.717) is 28.4 Å². The van der Waals surface area contributed by atoms with Crippen LogP contribution in [0.15, 0.2) is 41.3 Å². The first-order valence-electron chi connectivity index (χ1n) is 10.3. The molecule has 9 nitrogen and oxygen atoms in total. The number of rotatable bonds is 10. The first-order valence-corrected chi connectivity index (χ1v) is 12.2. The second-order valence-corrected chi connectivity index (χ2v) is 9.50. The lowest BCUT2D eigenvalue weighted by molar-refractivity contribution is -0.0929. The molecule has 0 aromatic heterocycles. The van der Waals surface area contributed by atoms with Gasteiger partial charge in [0.1, 0.15) is 17.8 Å². The van der Waals surface area contributed by atoms with Crippen molar-refractivity contribution in [2.45, 2.75) is 22.7 Å². The van der Waals surface area contributed by atoms with Gasteiger partial charge in [-0.15, -0.1) is 0 Å². The van der Waals surface area contributed by atoms with Crippen molar-refractivity contribution in [1.29, 1.82) is 0 Å². The van der Waals surface area contributed by atoms with Crippen LogP contribution in [0.4, 0.5) is 0 Å². The van der Waals surface area contributed by atoms with Crippen LogP contribution < -0.4 is 14.2 Å². The van der Waals surface area contributed by atoms with Crippen molar-refractivity contribution in [3.63, 3.8) is 0 Å². The summed E-state index contributed by atoms with van der Waals surface area (Å²) in [6.07, 6.45) is -0.190. The number of aliphatic hydroxyl groups excluding tert-OH is 1. The molecule has 10 heteroatoms. The summed E-state index contributed by atoms with van der Waals surface area (Å²) >= 11 is 0. The molecule has 3 rings (SSSR count). The smallest absolute Gasteiger partial charge is 0.203 e. The standard InChI is InChI=1S/C23H30O9S/c1-27-17-12-15(13-18(28-2)21(17)30-4)23(16-8-6-7-9-20(16)33(5,25)26)22(31-11-10-24)19(29-3)14-32-23/h6-9,12-13,19,22,24H,10-11,14H2,1-5H3. The third kappa shape index (κ3) is 4.53. The maximum Gasteiger partial charge on any atom is 0.203 e. The van der Waals surface area contributed by atoms with Crippen LogP contribution in [-0.2, 0) is 29.6 Å². The van der Waals surface area contributed by atoms with Gasteiger partial charge in [-0.3, -0.25) is 0 Å². The summed E-state index contributed by atoms with van der Waals surface area (Å²) in [5.41, 5.74) is -0.512. The highest BCUT2D eigenvalue weighted by atomic mass is 32.2. The van der Waals surface area contributed by atoms with Crippen LogP contribution in [0.25, 0.3) is 0 Å². The van der Waals surface area contributed by atoms with Crippen molar-refractivity contribution in [2.75, 3.05) is 54.5 Å². The molecule has 1 saturated heterocycles. The number of sulfone groups is 1. The Labute approximate surface area is 194 Å². The maximum atomic E-state index is 12.8. The van der Waals surface area contributed by atoms with E-state index in [9.17, 15) is 13.5 Å². The van der Waals surface area contributed by atoms with Crippen LogP contribution in [0.2, 0.25) is 0 Å². The van der Waals surface area contributed by atoms with E-state index in [1.807, 2.05) is 0 Å². The predicted molar refractivity (Wildman–Crippen MR) is 120 cm³/mol. The Balaban J connectivity index is 2.41. The summed E-state index contributed by atoms with van der Waals surface area (Å²) in [4.78, 5) is 0.0908. The number of aliphatic hydroxyl groups is 1. The number of benzene rings is 2. The summed E-state index contributed by atoms with van der Waals surface area (Å²) in [6.45, 7) is -0.103. The van der Waals surface area contributed by atoms with Crippen molar-refractivity contribution < 1.29 is 41.9 Å². The minimum absolute atomic E-state index is 0.00109. The molecule has 3 atom stereocenters. The molecule has 0 radical (unpaired) electrons. The lowest BCUT2D eigenvalue weighted by atomic mass is 9.80. The second-order valence-electron chi connectivity index (χ2n) is 7.52. The average molecular weight is 483 g/mol. The fourth-order valence-electron chi connectivity index (χ4n) is 4.27. The number of hydrogen-bond acceptors (Lipinski definition) is 9. The Bertz CT molecular complexity index is 1040. The molecule has 182 valence electrons. The quantitative estimate of drug-likeness (QED) is 0.542. The van der Waals surface area contributed by atoms with Gasteiger partial charge in [0.05, 0.1) is 46.0 Å². The van der Waals surface area contributed by atoms with Gasteiger partial charge in [0.15, 0.2) is 21.3 Å². The summed E-state index contributed by atoms with van der Waals surface area (Å²) in [5.74, 6) is 1.12. The molecule has 1 aliphatic rings. The van der Waals surface area contributed by atoms with Gasteiger partial charge in [0.25, 0.3) is 0 Å². The van der Waals surface area contributed by atoms with E-state index in [1.165, 1.54) is 34.5 Å². The summed E-state index contributed by atoms with van der Waals surface area (Å²) in [5, 5.41) is 9.45. The highest BCUT2D eigenvalue weighted by Gasteiger charge is 2.55. The molecule has 1 heterocycles. The van der Waals surface area contributed by atoms with Gasteiger partial charge in [-0.05, 0) is 23.8 Å². The van der Waals surface area contributed by atoms with Gasteiger partial charge in [-0.1, -0.05) is 18.2 Å². The Hall–Kier alpha value is -2.37. The van der Waals surface area contributed by atoms with E-state index in [0.717, 1.165) is 6.26 Å². The lowest BCUT2D eigenvalue weighted by Crippen LogP contribution is -2.45. The molecule has 2 aromatic rings. The minimum atomic E-state index is -3.64. The predicted octanol–water partition coefficient (Wildman–Crippen LogP) is 1.78. The number of ether oxygens (including phenoxy) is 6. The minimum Gasteiger partial charge on any atom is -0.493 e. The average Bonchev–Trinajstić information content (AvgIpc) is 3.20. The fourth-order valence-corrected chi connectivity index (χ4v) is 5.21. The number of methoxy groups -OCH3 is 4. The molecule has 0 spiro atoms. The zero-order valence-electron chi connectivity index (χ0n) is 19.4. The highest BCUT2D eigenvalue weighted by molar-refractivity contribution is 7.90. The third-order valence-electron chi connectivity index (χ3n) is 5.69. The van der Waals surface area contributed by atoms with Crippen LogP contribution in [0.1, 0.15) is 11.1 Å². The van der Waals surface area contributed by atoms with Crippen molar-refractivity contribution >= 4 is 9.84 Å². The van der Waals surface area contributed by atoms with Crippen LogP contribution in [0, 0.1) is 0 Å². The van der Waals surface area contributed by atoms with Crippen LogP contribution in [0.5, 0.6) is 17.2 Å². The molecule has 0 aliphatic carbocycles. The molecule has 0 saturated carbocycles. The van der Waals surface area contributed by atoms with Gasteiger partial charge in [0.2, 0.25) is 5.75 Å². The zero-order chi connectivity index (χ0) is 24.2. The lowest BCUT2D eigenvalue weighted by Gasteiger charge is -2.37. The molecular weight excluding hydrogens is 452 g/mol. The van der Waals surface area contributed by atoms with Crippen molar-refractivity contribution in [3.8, 4) is 17.2 Å². The first-order chi connectivity index (χ1) is 15.8. The molecular formula is C23H30O9S. The summed E-state index contributed by atoms with van der Waals surface area (Å²) in [6, 6.07) is 10.00. The molecule has 3 unspecified atom stereocenters. The monoisotopic (exact) mass is 482 g/mol. The van der Waals surface area contributed by atoms with E-state index < -0.39 is 27.6 Å².